The standard InChI is InChI=1S/C18H11F3N4OS2/c19-18(20,21)14-8-15(11-1-3-23-4-2-11)25-17(13(14)9-22)28-10-12(26)7-16-24-5-6-27-16/h1-6,8H,7,10H2. The van der Waals surface area contributed by atoms with Crippen LogP contribution in [0.3, 0.4) is 0 Å². The maximum Gasteiger partial charge on any atom is 0.417 e. The van der Waals surface area contributed by atoms with Gasteiger partial charge in [0.15, 0.2) is 0 Å². The predicted molar refractivity (Wildman–Crippen MR) is 98.7 cm³/mol. The summed E-state index contributed by atoms with van der Waals surface area (Å²) in [5.41, 5.74) is -1.17. The summed E-state index contributed by atoms with van der Waals surface area (Å²) in [5.74, 6) is -0.327. The number of carbonyl (C=O) groups is 1. The number of thioether (sulfide) groups is 1. The first-order chi connectivity index (χ1) is 13.4. The van der Waals surface area contributed by atoms with Crippen LogP contribution in [0.4, 0.5) is 13.2 Å². The molecule has 5 nitrogen and oxygen atoms in total. The first-order valence-electron chi connectivity index (χ1n) is 7.84. The monoisotopic (exact) mass is 420 g/mol. The highest BCUT2D eigenvalue weighted by atomic mass is 32.2. The Bertz CT molecular complexity index is 1020. The van der Waals surface area contributed by atoms with E-state index in [0.29, 0.717) is 10.6 Å². The van der Waals surface area contributed by atoms with Gasteiger partial charge in [0.05, 0.1) is 34.0 Å². The Morgan fingerprint density at radius 2 is 2.00 bits per heavy atom. The van der Waals surface area contributed by atoms with E-state index in [4.69, 9.17) is 0 Å². The number of rotatable bonds is 6. The quantitative estimate of drug-likeness (QED) is 0.550. The molecule has 0 aromatic carbocycles. The van der Waals surface area contributed by atoms with Crippen molar-refractivity contribution in [3.05, 3.63) is 58.3 Å². The van der Waals surface area contributed by atoms with E-state index in [0.717, 1.165) is 17.8 Å². The van der Waals surface area contributed by atoms with Crippen molar-refractivity contribution in [1.29, 1.82) is 5.26 Å². The SMILES string of the molecule is N#Cc1c(C(F)(F)F)cc(-c2ccncc2)nc1SCC(=O)Cc1nccs1. The number of halogens is 3. The molecule has 28 heavy (non-hydrogen) atoms. The second kappa shape index (κ2) is 8.50. The molecule has 3 aromatic heterocycles. The molecule has 0 radical (unpaired) electrons. The van der Waals surface area contributed by atoms with Gasteiger partial charge in [-0.2, -0.15) is 18.4 Å². The van der Waals surface area contributed by atoms with Crippen molar-refractivity contribution >= 4 is 28.9 Å². The molecular formula is C18H11F3N4OS2. The van der Waals surface area contributed by atoms with E-state index in [2.05, 4.69) is 15.0 Å². The average molecular weight is 420 g/mol. The maximum absolute atomic E-state index is 13.5. The fraction of sp³-hybridized carbons (Fsp3) is 0.167. The first kappa shape index (κ1) is 20.0. The second-order valence-corrected chi connectivity index (χ2v) is 7.45. The predicted octanol–water partition coefficient (Wildman–Crippen LogP) is 4.39. The maximum atomic E-state index is 13.5. The lowest BCUT2D eigenvalue weighted by Crippen LogP contribution is -2.12. The Kier molecular flexibility index (Phi) is 6.06. The van der Waals surface area contributed by atoms with Crippen molar-refractivity contribution in [3.63, 3.8) is 0 Å². The molecule has 0 atom stereocenters. The Labute approximate surface area is 166 Å². The van der Waals surface area contributed by atoms with E-state index in [-0.39, 0.29) is 28.7 Å². The van der Waals surface area contributed by atoms with Gasteiger partial charge in [-0.15, -0.1) is 11.3 Å². The number of carbonyl (C=O) groups excluding carboxylic acids is 1. The number of nitriles is 1. The molecule has 0 unspecified atom stereocenters. The number of alkyl halides is 3. The number of aromatic nitrogens is 3. The fourth-order valence-electron chi connectivity index (χ4n) is 2.34. The normalized spacial score (nSPS) is 11.2. The molecule has 3 aromatic rings. The van der Waals surface area contributed by atoms with Gasteiger partial charge in [0.25, 0.3) is 0 Å². The molecule has 0 saturated carbocycles. The van der Waals surface area contributed by atoms with Gasteiger partial charge in [-0.3, -0.25) is 9.78 Å². The number of thiazole rings is 1. The minimum absolute atomic E-state index is 0.0589. The van der Waals surface area contributed by atoms with Gasteiger partial charge in [-0.1, -0.05) is 11.8 Å². The molecule has 0 aliphatic carbocycles. The van der Waals surface area contributed by atoms with Gasteiger partial charge in [0.2, 0.25) is 0 Å². The topological polar surface area (TPSA) is 79.5 Å². The average Bonchev–Trinajstić information content (AvgIpc) is 3.18. The van der Waals surface area contributed by atoms with Crippen LogP contribution < -0.4 is 0 Å². The number of hydrogen-bond donors (Lipinski definition) is 0. The molecule has 3 rings (SSSR count). The van der Waals surface area contributed by atoms with E-state index >= 15 is 0 Å². The molecule has 3 heterocycles. The van der Waals surface area contributed by atoms with Gasteiger partial charge in [-0.25, -0.2) is 9.97 Å². The van der Waals surface area contributed by atoms with E-state index in [1.807, 2.05) is 0 Å². The number of nitrogens with zero attached hydrogens (tertiary/aromatic N) is 4. The van der Waals surface area contributed by atoms with Crippen LogP contribution in [-0.2, 0) is 17.4 Å². The van der Waals surface area contributed by atoms with Crippen LogP contribution in [0.1, 0.15) is 16.1 Å². The summed E-state index contributed by atoms with van der Waals surface area (Å²) in [6, 6.07) is 5.47. The summed E-state index contributed by atoms with van der Waals surface area (Å²) in [7, 11) is 0. The highest BCUT2D eigenvalue weighted by molar-refractivity contribution is 8.00. The number of hydrogen-bond acceptors (Lipinski definition) is 7. The zero-order valence-corrected chi connectivity index (χ0v) is 15.7. The summed E-state index contributed by atoms with van der Waals surface area (Å²) in [6.45, 7) is 0. The lowest BCUT2D eigenvalue weighted by Gasteiger charge is -2.14. The van der Waals surface area contributed by atoms with Crippen LogP contribution in [0.25, 0.3) is 11.3 Å². The third kappa shape index (κ3) is 4.74. The molecular weight excluding hydrogens is 409 g/mol. The largest absolute Gasteiger partial charge is 0.417 e. The lowest BCUT2D eigenvalue weighted by molar-refractivity contribution is -0.138. The van der Waals surface area contributed by atoms with Crippen LogP contribution >= 0.6 is 23.1 Å². The summed E-state index contributed by atoms with van der Waals surface area (Å²) < 4.78 is 40.5. The number of pyridine rings is 2. The van der Waals surface area contributed by atoms with Crippen LogP contribution in [0, 0.1) is 11.3 Å². The van der Waals surface area contributed by atoms with Gasteiger partial charge >= 0.3 is 6.18 Å². The van der Waals surface area contributed by atoms with Crippen molar-refractivity contribution in [2.45, 2.75) is 17.6 Å². The van der Waals surface area contributed by atoms with Crippen LogP contribution in [-0.4, -0.2) is 26.5 Å². The molecule has 0 aliphatic heterocycles. The zero-order chi connectivity index (χ0) is 20.1. The van der Waals surface area contributed by atoms with Crippen LogP contribution in [0.15, 0.2) is 47.2 Å². The highest BCUT2D eigenvalue weighted by Gasteiger charge is 2.36. The van der Waals surface area contributed by atoms with Gasteiger partial charge in [0, 0.05) is 29.5 Å². The van der Waals surface area contributed by atoms with E-state index in [1.54, 1.807) is 17.6 Å². The summed E-state index contributed by atoms with van der Waals surface area (Å²) in [5, 5.41) is 11.5. The van der Waals surface area contributed by atoms with Crippen molar-refractivity contribution in [1.82, 2.24) is 15.0 Å². The molecule has 0 saturated heterocycles. The molecule has 0 spiro atoms. The number of ketones is 1. The third-order valence-electron chi connectivity index (χ3n) is 3.58. The molecule has 142 valence electrons. The third-order valence-corrected chi connectivity index (χ3v) is 5.40. The molecule has 0 fully saturated rings. The molecule has 0 bridgehead atoms. The summed E-state index contributed by atoms with van der Waals surface area (Å²) in [4.78, 5) is 24.2. The number of Topliss-reactive ketones (excluding diaryl/α,β-unsaturated/α-hetero) is 1. The van der Waals surface area contributed by atoms with Crippen molar-refractivity contribution < 1.29 is 18.0 Å². The minimum Gasteiger partial charge on any atom is -0.298 e. The second-order valence-electron chi connectivity index (χ2n) is 5.51. The molecule has 10 heteroatoms. The van der Waals surface area contributed by atoms with E-state index in [9.17, 15) is 23.2 Å². The molecule has 0 aliphatic rings. The lowest BCUT2D eigenvalue weighted by atomic mass is 10.1. The van der Waals surface area contributed by atoms with E-state index < -0.39 is 17.3 Å². The summed E-state index contributed by atoms with van der Waals surface area (Å²) >= 11 is 2.14. The van der Waals surface area contributed by atoms with Crippen molar-refractivity contribution in [2.75, 3.05) is 5.75 Å². The Morgan fingerprint density at radius 1 is 1.25 bits per heavy atom. The van der Waals surface area contributed by atoms with Gasteiger partial charge in [-0.05, 0) is 18.2 Å². The Balaban J connectivity index is 1.94. The highest BCUT2D eigenvalue weighted by Crippen LogP contribution is 2.37. The Morgan fingerprint density at radius 3 is 2.61 bits per heavy atom. The van der Waals surface area contributed by atoms with Crippen LogP contribution in [0.5, 0.6) is 0 Å². The smallest absolute Gasteiger partial charge is 0.298 e. The van der Waals surface area contributed by atoms with Crippen LogP contribution in [0.2, 0.25) is 0 Å². The molecule has 0 amide bonds. The zero-order valence-electron chi connectivity index (χ0n) is 14.1. The summed E-state index contributed by atoms with van der Waals surface area (Å²) in [6.07, 6.45) is -0.192. The van der Waals surface area contributed by atoms with E-state index in [1.165, 1.54) is 35.9 Å². The fourth-order valence-corrected chi connectivity index (χ4v) is 3.84. The van der Waals surface area contributed by atoms with Crippen molar-refractivity contribution in [2.24, 2.45) is 0 Å². The Hall–Kier alpha value is -2.77. The minimum atomic E-state index is -4.73. The van der Waals surface area contributed by atoms with Gasteiger partial charge in [0.1, 0.15) is 16.9 Å². The van der Waals surface area contributed by atoms with Crippen molar-refractivity contribution in [3.8, 4) is 17.3 Å². The van der Waals surface area contributed by atoms with Gasteiger partial charge < -0.3 is 0 Å². The first-order valence-corrected chi connectivity index (χ1v) is 9.70. The molecule has 0 N–H and O–H groups in total.